The lowest BCUT2D eigenvalue weighted by atomic mass is 10.2. The molecule has 1 aliphatic carbocycles. The maximum absolute atomic E-state index is 12.1. The third kappa shape index (κ3) is 6.09. The number of anilines is 1. The Bertz CT molecular complexity index is 674. The van der Waals surface area contributed by atoms with E-state index in [4.69, 9.17) is 9.47 Å². The summed E-state index contributed by atoms with van der Waals surface area (Å²) in [7, 11) is 0. The predicted octanol–water partition coefficient (Wildman–Crippen LogP) is 2.05. The summed E-state index contributed by atoms with van der Waals surface area (Å²) in [6.45, 7) is 9.22. The molecule has 3 rings (SSSR count). The average Bonchev–Trinajstić information content (AvgIpc) is 3.48. The molecule has 8 nitrogen and oxygen atoms in total. The van der Waals surface area contributed by atoms with Gasteiger partial charge in [-0.05, 0) is 45.7 Å². The highest BCUT2D eigenvalue weighted by Crippen LogP contribution is 2.22. The van der Waals surface area contributed by atoms with Gasteiger partial charge in [0.15, 0.2) is 0 Å². The van der Waals surface area contributed by atoms with E-state index in [0.29, 0.717) is 51.1 Å². The van der Waals surface area contributed by atoms with Crippen LogP contribution < -0.4 is 10.2 Å². The molecule has 1 aromatic rings. The Morgan fingerprint density at radius 2 is 1.89 bits per heavy atom. The number of carbonyl (C=O) groups is 2. The van der Waals surface area contributed by atoms with Crippen LogP contribution in [0.5, 0.6) is 0 Å². The number of hydrogen-bond donors (Lipinski definition) is 1. The second-order valence-electron chi connectivity index (χ2n) is 8.18. The van der Waals surface area contributed by atoms with Crippen molar-refractivity contribution < 1.29 is 19.1 Å². The molecule has 2 fully saturated rings. The van der Waals surface area contributed by atoms with Crippen molar-refractivity contribution in [3.63, 3.8) is 0 Å². The van der Waals surface area contributed by atoms with Crippen molar-refractivity contribution in [2.24, 2.45) is 0 Å². The minimum Gasteiger partial charge on any atom is -0.444 e. The summed E-state index contributed by atoms with van der Waals surface area (Å²) in [4.78, 5) is 32.4. The number of amides is 2. The van der Waals surface area contributed by atoms with Gasteiger partial charge in [-0.3, -0.25) is 4.79 Å². The first-order chi connectivity index (χ1) is 13.3. The molecule has 0 unspecified atom stereocenters. The molecule has 1 saturated carbocycles. The van der Waals surface area contributed by atoms with Gasteiger partial charge in [0.05, 0.1) is 24.6 Å². The molecule has 2 heterocycles. The molecule has 2 amide bonds. The molecule has 1 N–H and O–H groups in total. The van der Waals surface area contributed by atoms with E-state index < -0.39 is 5.60 Å². The van der Waals surface area contributed by atoms with Crippen LogP contribution in [0.1, 0.15) is 44.1 Å². The predicted molar refractivity (Wildman–Crippen MR) is 106 cm³/mol. The van der Waals surface area contributed by atoms with Crippen molar-refractivity contribution in [3.8, 4) is 0 Å². The molecule has 1 aliphatic heterocycles. The average molecular weight is 390 g/mol. The first kappa shape index (κ1) is 20.4. The van der Waals surface area contributed by atoms with E-state index in [1.54, 1.807) is 17.2 Å². The summed E-state index contributed by atoms with van der Waals surface area (Å²) < 4.78 is 10.9. The maximum Gasteiger partial charge on any atom is 0.410 e. The van der Waals surface area contributed by atoms with Crippen LogP contribution in [-0.4, -0.2) is 72.9 Å². The number of nitrogens with zero attached hydrogens (tertiary/aromatic N) is 3. The summed E-state index contributed by atoms with van der Waals surface area (Å²) in [5, 5.41) is 2.82. The molecule has 0 aromatic carbocycles. The molecule has 0 radical (unpaired) electrons. The van der Waals surface area contributed by atoms with Gasteiger partial charge >= 0.3 is 6.09 Å². The summed E-state index contributed by atoms with van der Waals surface area (Å²) in [5.41, 5.74) is 0.846. The van der Waals surface area contributed by atoms with Crippen LogP contribution in [0.15, 0.2) is 18.3 Å². The van der Waals surface area contributed by atoms with Gasteiger partial charge in [0.2, 0.25) is 0 Å². The Labute approximate surface area is 166 Å². The molecule has 0 bridgehead atoms. The van der Waals surface area contributed by atoms with Crippen LogP contribution in [0, 0.1) is 0 Å². The molecular formula is C20H30N4O4. The van der Waals surface area contributed by atoms with Crippen molar-refractivity contribution in [2.45, 2.75) is 45.3 Å². The van der Waals surface area contributed by atoms with Crippen molar-refractivity contribution in [1.29, 1.82) is 0 Å². The zero-order chi connectivity index (χ0) is 20.1. The van der Waals surface area contributed by atoms with Gasteiger partial charge in [-0.25, -0.2) is 9.78 Å². The fourth-order valence-corrected chi connectivity index (χ4v) is 2.90. The van der Waals surface area contributed by atoms with Gasteiger partial charge in [0.25, 0.3) is 5.91 Å². The van der Waals surface area contributed by atoms with E-state index in [-0.39, 0.29) is 12.0 Å². The number of pyridine rings is 1. The smallest absolute Gasteiger partial charge is 0.410 e. The van der Waals surface area contributed by atoms with Crippen LogP contribution in [0.2, 0.25) is 0 Å². The van der Waals surface area contributed by atoms with Gasteiger partial charge in [-0.15, -0.1) is 0 Å². The van der Waals surface area contributed by atoms with E-state index in [1.807, 2.05) is 26.8 Å². The number of carbonyl (C=O) groups excluding carboxylic acids is 2. The highest BCUT2D eigenvalue weighted by molar-refractivity contribution is 5.92. The molecule has 0 spiro atoms. The third-order valence-electron chi connectivity index (χ3n) is 4.54. The largest absolute Gasteiger partial charge is 0.444 e. The summed E-state index contributed by atoms with van der Waals surface area (Å²) in [6, 6.07) is 3.62. The molecule has 1 aromatic heterocycles. The van der Waals surface area contributed by atoms with Crippen molar-refractivity contribution >= 4 is 17.7 Å². The minimum atomic E-state index is -0.488. The summed E-state index contributed by atoms with van der Waals surface area (Å²) >= 11 is 0. The molecular weight excluding hydrogens is 360 g/mol. The highest BCUT2D eigenvalue weighted by atomic mass is 16.6. The van der Waals surface area contributed by atoms with E-state index in [9.17, 15) is 9.59 Å². The van der Waals surface area contributed by atoms with E-state index >= 15 is 0 Å². The summed E-state index contributed by atoms with van der Waals surface area (Å²) in [6.07, 6.45) is 4.08. The Morgan fingerprint density at radius 1 is 1.18 bits per heavy atom. The zero-order valence-electron chi connectivity index (χ0n) is 16.9. The number of nitrogens with one attached hydrogen (secondary N) is 1. The zero-order valence-corrected chi connectivity index (χ0v) is 16.9. The lowest BCUT2D eigenvalue weighted by molar-refractivity contribution is 0.0240. The fraction of sp³-hybridized carbons (Fsp3) is 0.650. The molecule has 154 valence electrons. The summed E-state index contributed by atoms with van der Waals surface area (Å²) in [5.74, 6) is -0.194. The van der Waals surface area contributed by atoms with Crippen LogP contribution in [-0.2, 0) is 9.47 Å². The molecule has 2 aliphatic rings. The van der Waals surface area contributed by atoms with Gasteiger partial charge < -0.3 is 24.6 Å². The second-order valence-corrected chi connectivity index (χ2v) is 8.18. The molecule has 0 atom stereocenters. The SMILES string of the molecule is CC(C)(C)OC(=O)N1CCN(c2ccc(C(=O)NCCOC3CC3)nc2)CC1. The standard InChI is InChI=1S/C20H30N4O4/c1-20(2,3)28-19(26)24-11-9-23(10-12-24)15-4-7-17(22-14-15)18(25)21-8-13-27-16-5-6-16/h4,7,14,16H,5-6,8-13H2,1-3H3,(H,21,25). The second kappa shape index (κ2) is 8.77. The van der Waals surface area contributed by atoms with E-state index in [1.165, 1.54) is 0 Å². The lowest BCUT2D eigenvalue weighted by Crippen LogP contribution is -2.50. The van der Waals surface area contributed by atoms with Gasteiger partial charge in [-0.2, -0.15) is 0 Å². The number of piperazine rings is 1. The van der Waals surface area contributed by atoms with E-state index in [2.05, 4.69) is 15.2 Å². The number of ether oxygens (including phenoxy) is 2. The topological polar surface area (TPSA) is 84.0 Å². The van der Waals surface area contributed by atoms with Crippen LogP contribution in [0.3, 0.4) is 0 Å². The van der Waals surface area contributed by atoms with E-state index in [0.717, 1.165) is 18.5 Å². The molecule has 8 heteroatoms. The van der Waals surface area contributed by atoms with Crippen molar-refractivity contribution in [2.75, 3.05) is 44.2 Å². The lowest BCUT2D eigenvalue weighted by Gasteiger charge is -2.36. The quantitative estimate of drug-likeness (QED) is 0.749. The minimum absolute atomic E-state index is 0.194. The highest BCUT2D eigenvalue weighted by Gasteiger charge is 2.26. The Kier molecular flexibility index (Phi) is 6.39. The van der Waals surface area contributed by atoms with Crippen molar-refractivity contribution in [1.82, 2.24) is 15.2 Å². The van der Waals surface area contributed by atoms with Gasteiger partial charge in [0.1, 0.15) is 11.3 Å². The fourth-order valence-electron chi connectivity index (χ4n) is 2.90. The number of rotatable bonds is 6. The Hall–Kier alpha value is -2.35. The molecule has 1 saturated heterocycles. The number of aromatic nitrogens is 1. The Balaban J connectivity index is 1.43. The van der Waals surface area contributed by atoms with Gasteiger partial charge in [-0.1, -0.05) is 0 Å². The van der Waals surface area contributed by atoms with Crippen LogP contribution in [0.4, 0.5) is 10.5 Å². The maximum atomic E-state index is 12.1. The van der Waals surface area contributed by atoms with Crippen LogP contribution in [0.25, 0.3) is 0 Å². The monoisotopic (exact) mass is 390 g/mol. The Morgan fingerprint density at radius 3 is 2.46 bits per heavy atom. The van der Waals surface area contributed by atoms with Crippen molar-refractivity contribution in [3.05, 3.63) is 24.0 Å². The first-order valence-corrected chi connectivity index (χ1v) is 9.90. The van der Waals surface area contributed by atoms with Crippen LogP contribution >= 0.6 is 0 Å². The number of hydrogen-bond acceptors (Lipinski definition) is 6. The first-order valence-electron chi connectivity index (χ1n) is 9.90. The molecule has 28 heavy (non-hydrogen) atoms. The third-order valence-corrected chi connectivity index (χ3v) is 4.54. The normalized spacial score (nSPS) is 17.4. The van der Waals surface area contributed by atoms with Gasteiger partial charge in [0, 0.05) is 32.7 Å².